The number of carbonyl (C=O) groups excluding carboxylic acids is 1. The van der Waals surface area contributed by atoms with Crippen molar-refractivity contribution in [3.8, 4) is 0 Å². The van der Waals surface area contributed by atoms with Crippen LogP contribution in [0.25, 0.3) is 0 Å². The van der Waals surface area contributed by atoms with E-state index in [-0.39, 0.29) is 6.03 Å². The van der Waals surface area contributed by atoms with E-state index >= 15 is 0 Å². The van der Waals surface area contributed by atoms with Crippen LogP contribution in [0.1, 0.15) is 6.42 Å². The molecule has 2 amide bonds. The zero-order valence-electron chi connectivity index (χ0n) is 11.7. The summed E-state index contributed by atoms with van der Waals surface area (Å²) in [5.74, 6) is 0. The summed E-state index contributed by atoms with van der Waals surface area (Å²) in [4.78, 5) is 14.2. The van der Waals surface area contributed by atoms with Crippen LogP contribution in [0, 0.1) is 0 Å². The summed E-state index contributed by atoms with van der Waals surface area (Å²) in [6.07, 6.45) is 0.938. The van der Waals surface area contributed by atoms with Crippen LogP contribution in [0.15, 0.2) is 27.1 Å². The molecule has 1 aliphatic heterocycles. The topological polar surface area (TPSA) is 53.6 Å². The number of urea groups is 1. The number of anilines is 1. The first-order chi connectivity index (χ1) is 10.1. The minimum Gasteiger partial charge on any atom is -0.379 e. The summed E-state index contributed by atoms with van der Waals surface area (Å²) in [6, 6.07) is 5.47. The van der Waals surface area contributed by atoms with E-state index in [1.807, 2.05) is 18.2 Å². The Balaban J connectivity index is 1.66. The summed E-state index contributed by atoms with van der Waals surface area (Å²) >= 11 is 6.80. The Bertz CT molecular complexity index is 479. The average molecular weight is 421 g/mol. The van der Waals surface area contributed by atoms with Crippen LogP contribution >= 0.6 is 31.9 Å². The zero-order valence-corrected chi connectivity index (χ0v) is 14.9. The van der Waals surface area contributed by atoms with Crippen LogP contribution in [0.2, 0.25) is 0 Å². The molecule has 1 aromatic carbocycles. The monoisotopic (exact) mass is 419 g/mol. The third-order valence-corrected chi connectivity index (χ3v) is 4.40. The lowest BCUT2D eigenvalue weighted by atomic mass is 10.3. The first kappa shape index (κ1) is 16.7. The SMILES string of the molecule is O=C(NCCCN1CCOCC1)Nc1cc(Br)ccc1Br. The number of ether oxygens (including phenoxy) is 1. The van der Waals surface area contributed by atoms with Crippen LogP contribution in [0.3, 0.4) is 0 Å². The highest BCUT2D eigenvalue weighted by Crippen LogP contribution is 2.25. The molecule has 0 aliphatic carbocycles. The van der Waals surface area contributed by atoms with Crippen LogP contribution in [-0.2, 0) is 4.74 Å². The van der Waals surface area contributed by atoms with Crippen molar-refractivity contribution in [2.75, 3.05) is 44.7 Å². The second kappa shape index (κ2) is 8.73. The Labute approximate surface area is 141 Å². The minimum atomic E-state index is -0.184. The fourth-order valence-electron chi connectivity index (χ4n) is 2.09. The molecule has 0 saturated carbocycles. The second-order valence-corrected chi connectivity index (χ2v) is 6.58. The van der Waals surface area contributed by atoms with Gasteiger partial charge in [0.15, 0.2) is 0 Å². The number of halogens is 2. The Kier molecular flexibility index (Phi) is 6.95. The molecular weight excluding hydrogens is 402 g/mol. The molecule has 21 heavy (non-hydrogen) atoms. The molecule has 5 nitrogen and oxygen atoms in total. The number of carbonyl (C=O) groups is 1. The van der Waals surface area contributed by atoms with Gasteiger partial charge < -0.3 is 15.4 Å². The van der Waals surface area contributed by atoms with E-state index in [1.165, 1.54) is 0 Å². The zero-order chi connectivity index (χ0) is 15.1. The molecule has 1 heterocycles. The number of benzene rings is 1. The highest BCUT2D eigenvalue weighted by molar-refractivity contribution is 9.11. The molecule has 0 radical (unpaired) electrons. The van der Waals surface area contributed by atoms with Crippen molar-refractivity contribution in [3.05, 3.63) is 27.1 Å². The van der Waals surface area contributed by atoms with Gasteiger partial charge in [-0.3, -0.25) is 4.90 Å². The first-order valence-electron chi connectivity index (χ1n) is 6.95. The van der Waals surface area contributed by atoms with E-state index in [0.717, 1.165) is 53.9 Å². The average Bonchev–Trinajstić information content (AvgIpc) is 2.48. The van der Waals surface area contributed by atoms with E-state index < -0.39 is 0 Å². The Hall–Kier alpha value is -0.630. The maximum atomic E-state index is 11.8. The largest absolute Gasteiger partial charge is 0.379 e. The molecule has 0 spiro atoms. The van der Waals surface area contributed by atoms with Crippen molar-refractivity contribution in [1.29, 1.82) is 0 Å². The molecule has 2 rings (SSSR count). The Morgan fingerprint density at radius 1 is 1.29 bits per heavy atom. The summed E-state index contributed by atoms with van der Waals surface area (Å²) < 4.78 is 7.08. The van der Waals surface area contributed by atoms with Gasteiger partial charge in [0.2, 0.25) is 0 Å². The second-order valence-electron chi connectivity index (χ2n) is 4.81. The number of rotatable bonds is 5. The lowest BCUT2D eigenvalue weighted by Gasteiger charge is -2.26. The van der Waals surface area contributed by atoms with Crippen molar-refractivity contribution < 1.29 is 9.53 Å². The van der Waals surface area contributed by atoms with Gasteiger partial charge in [-0.1, -0.05) is 15.9 Å². The smallest absolute Gasteiger partial charge is 0.319 e. The molecule has 116 valence electrons. The summed E-state index contributed by atoms with van der Waals surface area (Å²) in [5, 5.41) is 5.70. The summed E-state index contributed by atoms with van der Waals surface area (Å²) in [5.41, 5.74) is 0.745. The van der Waals surface area contributed by atoms with Crippen LogP contribution in [0.4, 0.5) is 10.5 Å². The number of hydrogen-bond donors (Lipinski definition) is 2. The van der Waals surface area contributed by atoms with Gasteiger partial charge in [-0.05, 0) is 47.1 Å². The van der Waals surface area contributed by atoms with Crippen molar-refractivity contribution in [2.24, 2.45) is 0 Å². The van der Waals surface area contributed by atoms with Crippen molar-refractivity contribution in [2.45, 2.75) is 6.42 Å². The first-order valence-corrected chi connectivity index (χ1v) is 8.54. The molecule has 1 fully saturated rings. The highest BCUT2D eigenvalue weighted by Gasteiger charge is 2.10. The molecule has 1 aromatic rings. The molecule has 0 atom stereocenters. The number of nitrogens with zero attached hydrogens (tertiary/aromatic N) is 1. The molecule has 0 aromatic heterocycles. The maximum Gasteiger partial charge on any atom is 0.319 e. The molecule has 1 aliphatic rings. The van der Waals surface area contributed by atoms with Crippen molar-refractivity contribution in [3.63, 3.8) is 0 Å². The van der Waals surface area contributed by atoms with Gasteiger partial charge in [-0.25, -0.2) is 4.79 Å². The minimum absolute atomic E-state index is 0.184. The van der Waals surface area contributed by atoms with Gasteiger partial charge in [0.25, 0.3) is 0 Å². The fraction of sp³-hybridized carbons (Fsp3) is 0.500. The van der Waals surface area contributed by atoms with E-state index in [2.05, 4.69) is 47.4 Å². The van der Waals surface area contributed by atoms with E-state index in [0.29, 0.717) is 6.54 Å². The van der Waals surface area contributed by atoms with Crippen molar-refractivity contribution >= 4 is 43.6 Å². The predicted molar refractivity (Wildman–Crippen MR) is 90.7 cm³/mol. The predicted octanol–water partition coefficient (Wildman–Crippen LogP) is 3.06. The standard InChI is InChI=1S/C14H19Br2N3O2/c15-11-2-3-12(16)13(10-11)18-14(20)17-4-1-5-19-6-8-21-9-7-19/h2-3,10H,1,4-9H2,(H2,17,18,20). The molecule has 0 unspecified atom stereocenters. The number of nitrogens with one attached hydrogen (secondary N) is 2. The summed E-state index contributed by atoms with van der Waals surface area (Å²) in [6.45, 7) is 5.24. The quantitative estimate of drug-likeness (QED) is 0.719. The lowest BCUT2D eigenvalue weighted by molar-refractivity contribution is 0.0375. The highest BCUT2D eigenvalue weighted by atomic mass is 79.9. The van der Waals surface area contributed by atoms with Gasteiger partial charge in [0, 0.05) is 28.6 Å². The van der Waals surface area contributed by atoms with Gasteiger partial charge >= 0.3 is 6.03 Å². The van der Waals surface area contributed by atoms with Crippen LogP contribution in [-0.4, -0.2) is 50.3 Å². The van der Waals surface area contributed by atoms with Gasteiger partial charge in [0.05, 0.1) is 18.9 Å². The van der Waals surface area contributed by atoms with Crippen molar-refractivity contribution in [1.82, 2.24) is 10.2 Å². The molecule has 0 bridgehead atoms. The summed E-state index contributed by atoms with van der Waals surface area (Å²) in [7, 11) is 0. The molecule has 7 heteroatoms. The lowest BCUT2D eigenvalue weighted by Crippen LogP contribution is -2.38. The van der Waals surface area contributed by atoms with E-state index in [4.69, 9.17) is 4.74 Å². The van der Waals surface area contributed by atoms with E-state index in [1.54, 1.807) is 0 Å². The number of morpholine rings is 1. The Morgan fingerprint density at radius 2 is 2.05 bits per heavy atom. The molecule has 2 N–H and O–H groups in total. The molecular formula is C14H19Br2N3O2. The number of amides is 2. The fourth-order valence-corrected chi connectivity index (χ4v) is 2.80. The van der Waals surface area contributed by atoms with Gasteiger partial charge in [-0.15, -0.1) is 0 Å². The maximum absolute atomic E-state index is 11.8. The number of hydrogen-bond acceptors (Lipinski definition) is 3. The van der Waals surface area contributed by atoms with E-state index in [9.17, 15) is 4.79 Å². The van der Waals surface area contributed by atoms with Crippen LogP contribution < -0.4 is 10.6 Å². The normalized spacial score (nSPS) is 15.7. The molecule has 1 saturated heterocycles. The van der Waals surface area contributed by atoms with Crippen LogP contribution in [0.5, 0.6) is 0 Å². The third-order valence-electron chi connectivity index (χ3n) is 3.22. The van der Waals surface area contributed by atoms with Gasteiger partial charge in [0.1, 0.15) is 0 Å². The van der Waals surface area contributed by atoms with Gasteiger partial charge in [-0.2, -0.15) is 0 Å². The third kappa shape index (κ3) is 5.94. The Morgan fingerprint density at radius 3 is 2.81 bits per heavy atom.